The highest BCUT2D eigenvalue weighted by Gasteiger charge is 2.24. The first kappa shape index (κ1) is 21.7. The molecule has 30 heavy (non-hydrogen) atoms. The number of hydrogen-bond acceptors (Lipinski definition) is 4. The summed E-state index contributed by atoms with van der Waals surface area (Å²) in [7, 11) is 0. The molecule has 0 unspecified atom stereocenters. The van der Waals surface area contributed by atoms with Gasteiger partial charge in [-0.05, 0) is 37.3 Å². The molecule has 0 fully saturated rings. The zero-order chi connectivity index (χ0) is 21.5. The molecule has 0 atom stereocenters. The van der Waals surface area contributed by atoms with Gasteiger partial charge >= 0.3 is 0 Å². The second-order valence-electron chi connectivity index (χ2n) is 6.34. The number of carbonyl (C=O) groups is 2. The number of amides is 2. The lowest BCUT2D eigenvalue weighted by atomic mass is 10.2. The molecule has 2 aromatic carbocycles. The number of nitrogens with one attached hydrogen (secondary N) is 1. The minimum atomic E-state index is -0.422. The van der Waals surface area contributed by atoms with E-state index < -0.39 is 11.8 Å². The van der Waals surface area contributed by atoms with E-state index in [2.05, 4.69) is 5.32 Å². The van der Waals surface area contributed by atoms with Crippen molar-refractivity contribution >= 4 is 40.7 Å². The predicted molar refractivity (Wildman–Crippen MR) is 116 cm³/mol. The van der Waals surface area contributed by atoms with Crippen LogP contribution in [0, 0.1) is 0 Å². The quantitative estimate of drug-likeness (QED) is 0.511. The van der Waals surface area contributed by atoms with E-state index in [9.17, 15) is 9.59 Å². The van der Waals surface area contributed by atoms with Crippen molar-refractivity contribution in [2.45, 2.75) is 13.5 Å². The fourth-order valence-electron chi connectivity index (χ4n) is 2.76. The lowest BCUT2D eigenvalue weighted by Gasteiger charge is -2.20. The summed E-state index contributed by atoms with van der Waals surface area (Å²) in [5.74, 6) is -0.0137. The van der Waals surface area contributed by atoms with E-state index in [4.69, 9.17) is 32.4 Å². The molecule has 0 aliphatic carbocycles. The maximum Gasteiger partial charge on any atom is 0.290 e. The van der Waals surface area contributed by atoms with Crippen LogP contribution in [0.2, 0.25) is 10.0 Å². The Balaban J connectivity index is 1.66. The summed E-state index contributed by atoms with van der Waals surface area (Å²) in [6, 6.07) is 15.8. The van der Waals surface area contributed by atoms with Gasteiger partial charge in [0.25, 0.3) is 5.91 Å². The number of benzene rings is 2. The molecule has 3 aromatic rings. The van der Waals surface area contributed by atoms with Crippen LogP contribution < -0.4 is 10.1 Å². The maximum absolute atomic E-state index is 12.9. The number of likely N-dealkylation sites (N-methyl/N-ethyl adjacent to an activating group) is 1. The second-order valence-corrected chi connectivity index (χ2v) is 7.16. The van der Waals surface area contributed by atoms with Crippen molar-refractivity contribution in [3.8, 4) is 5.75 Å². The van der Waals surface area contributed by atoms with E-state index in [1.54, 1.807) is 31.2 Å². The average Bonchev–Trinajstić information content (AvgIpc) is 3.22. The molecule has 8 heteroatoms. The third-order valence-corrected chi connectivity index (χ3v) is 4.94. The normalized spacial score (nSPS) is 10.5. The molecule has 3 rings (SSSR count). The van der Waals surface area contributed by atoms with Crippen LogP contribution in [0.15, 0.2) is 65.3 Å². The van der Waals surface area contributed by atoms with Crippen molar-refractivity contribution in [2.75, 3.05) is 18.4 Å². The van der Waals surface area contributed by atoms with Crippen molar-refractivity contribution < 1.29 is 18.7 Å². The number of anilines is 1. The summed E-state index contributed by atoms with van der Waals surface area (Å²) >= 11 is 12.2. The minimum absolute atomic E-state index is 0.136. The first-order valence-electron chi connectivity index (χ1n) is 9.27. The fraction of sp³-hybridized carbons (Fsp3) is 0.182. The second kappa shape index (κ2) is 10.2. The SMILES string of the molecule is CCN(CC(=O)Nc1c(Cl)cccc1Cl)C(=O)c1occc1COc1ccccc1. The number of furan rings is 1. The predicted octanol–water partition coefficient (Wildman–Crippen LogP) is 5.27. The molecule has 156 valence electrons. The molecule has 0 aliphatic rings. The Bertz CT molecular complexity index is 1000. The zero-order valence-electron chi connectivity index (χ0n) is 16.2. The van der Waals surface area contributed by atoms with Gasteiger partial charge in [-0.2, -0.15) is 0 Å². The van der Waals surface area contributed by atoms with Gasteiger partial charge in [-0.3, -0.25) is 9.59 Å². The molecule has 0 bridgehead atoms. The van der Waals surface area contributed by atoms with Gasteiger partial charge in [0.05, 0.1) is 22.0 Å². The lowest BCUT2D eigenvalue weighted by molar-refractivity contribution is -0.116. The molecule has 0 saturated carbocycles. The van der Waals surface area contributed by atoms with Gasteiger partial charge in [0, 0.05) is 12.1 Å². The summed E-state index contributed by atoms with van der Waals surface area (Å²) in [5.41, 5.74) is 0.904. The summed E-state index contributed by atoms with van der Waals surface area (Å²) in [6.45, 7) is 2.07. The van der Waals surface area contributed by atoms with Crippen LogP contribution in [-0.2, 0) is 11.4 Å². The minimum Gasteiger partial charge on any atom is -0.489 e. The molecular formula is C22H20Cl2N2O4. The van der Waals surface area contributed by atoms with Gasteiger partial charge in [-0.25, -0.2) is 0 Å². The van der Waals surface area contributed by atoms with E-state index in [1.807, 2.05) is 30.3 Å². The van der Waals surface area contributed by atoms with Gasteiger partial charge in [-0.15, -0.1) is 0 Å². The van der Waals surface area contributed by atoms with Crippen LogP contribution >= 0.6 is 23.2 Å². The molecule has 1 N–H and O–H groups in total. The number of rotatable bonds is 8. The molecule has 0 saturated heterocycles. The van der Waals surface area contributed by atoms with Crippen LogP contribution in [0.4, 0.5) is 5.69 Å². The fourth-order valence-corrected chi connectivity index (χ4v) is 3.25. The van der Waals surface area contributed by atoms with Crippen molar-refractivity contribution in [1.82, 2.24) is 4.90 Å². The summed E-state index contributed by atoms with van der Waals surface area (Å²) in [5, 5.41) is 3.29. The standard InChI is InChI=1S/C22H20Cl2N2O4/c1-2-26(13-19(27)25-20-17(23)9-6-10-18(20)24)22(28)21-15(11-12-29-21)14-30-16-7-4-3-5-8-16/h3-12H,2,13-14H2,1H3,(H,25,27). The van der Waals surface area contributed by atoms with Crippen LogP contribution in [-0.4, -0.2) is 29.8 Å². The maximum atomic E-state index is 12.9. The van der Waals surface area contributed by atoms with Crippen molar-refractivity contribution in [2.24, 2.45) is 0 Å². The monoisotopic (exact) mass is 446 g/mol. The smallest absolute Gasteiger partial charge is 0.290 e. The molecule has 0 aliphatic heterocycles. The Morgan fingerprint density at radius 2 is 1.73 bits per heavy atom. The first-order valence-corrected chi connectivity index (χ1v) is 10.0. The van der Waals surface area contributed by atoms with Crippen molar-refractivity contribution in [3.63, 3.8) is 0 Å². The highest BCUT2D eigenvalue weighted by atomic mass is 35.5. The summed E-state index contributed by atoms with van der Waals surface area (Å²) in [6.07, 6.45) is 1.42. The molecule has 2 amide bonds. The Labute approximate surface area is 184 Å². The van der Waals surface area contributed by atoms with Crippen molar-refractivity contribution in [1.29, 1.82) is 0 Å². The van der Waals surface area contributed by atoms with Crippen LogP contribution in [0.5, 0.6) is 5.75 Å². The van der Waals surface area contributed by atoms with E-state index in [0.29, 0.717) is 33.6 Å². The van der Waals surface area contributed by atoms with E-state index in [1.165, 1.54) is 11.2 Å². The van der Waals surface area contributed by atoms with Crippen LogP contribution in [0.1, 0.15) is 23.0 Å². The molecule has 0 radical (unpaired) electrons. The van der Waals surface area contributed by atoms with E-state index in [-0.39, 0.29) is 18.9 Å². The first-order chi connectivity index (χ1) is 14.5. The molecule has 1 aromatic heterocycles. The molecule has 1 heterocycles. The molecular weight excluding hydrogens is 427 g/mol. The number of nitrogens with zero attached hydrogens (tertiary/aromatic N) is 1. The van der Waals surface area contributed by atoms with Crippen LogP contribution in [0.3, 0.4) is 0 Å². The number of carbonyl (C=O) groups excluding carboxylic acids is 2. The van der Waals surface area contributed by atoms with E-state index >= 15 is 0 Å². The van der Waals surface area contributed by atoms with Gasteiger partial charge in [-0.1, -0.05) is 47.5 Å². The van der Waals surface area contributed by atoms with Crippen LogP contribution in [0.25, 0.3) is 0 Å². The Morgan fingerprint density at radius 1 is 1.03 bits per heavy atom. The Kier molecular flexibility index (Phi) is 7.38. The topological polar surface area (TPSA) is 71.8 Å². The highest BCUT2D eigenvalue weighted by Crippen LogP contribution is 2.29. The molecule has 0 spiro atoms. The summed E-state index contributed by atoms with van der Waals surface area (Å²) < 4.78 is 11.1. The highest BCUT2D eigenvalue weighted by molar-refractivity contribution is 6.39. The van der Waals surface area contributed by atoms with Crippen molar-refractivity contribution in [3.05, 3.63) is 82.2 Å². The third kappa shape index (κ3) is 5.34. The van der Waals surface area contributed by atoms with Gasteiger partial charge in [0.1, 0.15) is 18.9 Å². The van der Waals surface area contributed by atoms with Gasteiger partial charge in [0.2, 0.25) is 5.91 Å². The third-order valence-electron chi connectivity index (χ3n) is 4.31. The zero-order valence-corrected chi connectivity index (χ0v) is 17.7. The molecule has 6 nitrogen and oxygen atoms in total. The number of halogens is 2. The lowest BCUT2D eigenvalue weighted by Crippen LogP contribution is -2.38. The Hall–Kier alpha value is -2.96. The van der Waals surface area contributed by atoms with Gasteiger partial charge < -0.3 is 19.4 Å². The summed E-state index contributed by atoms with van der Waals surface area (Å²) in [4.78, 5) is 26.8. The number of para-hydroxylation sites is 2. The number of hydrogen-bond donors (Lipinski definition) is 1. The largest absolute Gasteiger partial charge is 0.489 e. The Morgan fingerprint density at radius 3 is 2.40 bits per heavy atom. The van der Waals surface area contributed by atoms with Gasteiger partial charge in [0.15, 0.2) is 5.76 Å². The number of ether oxygens (including phenoxy) is 1. The van der Waals surface area contributed by atoms with E-state index in [0.717, 1.165) is 0 Å². The average molecular weight is 447 g/mol.